The third kappa shape index (κ3) is 6.09. The molecule has 98 valence electrons. The van der Waals surface area contributed by atoms with E-state index in [0.29, 0.717) is 41.8 Å². The van der Waals surface area contributed by atoms with Crippen LogP contribution in [0.15, 0.2) is 0 Å². The molecule has 6 heteroatoms. The average molecular weight is 534 g/mol. The molecule has 4 atom stereocenters. The van der Waals surface area contributed by atoms with E-state index in [1.54, 1.807) is 16.0 Å². The zero-order chi connectivity index (χ0) is 11.5. The van der Waals surface area contributed by atoms with E-state index >= 15 is 0 Å². The maximum absolute atomic E-state index is 2.30. The average Bonchev–Trinajstić information content (AvgIpc) is 3.22. The van der Waals surface area contributed by atoms with Crippen molar-refractivity contribution < 1.29 is 0 Å². The van der Waals surface area contributed by atoms with Crippen LogP contribution in [-0.2, 0) is 0 Å². The van der Waals surface area contributed by atoms with Gasteiger partial charge in [0.05, 0.1) is 0 Å². The van der Waals surface area contributed by atoms with E-state index in [-0.39, 0.29) is 0 Å². The second kappa shape index (κ2) is 7.84. The predicted molar refractivity (Wildman–Crippen MR) is 91.0 cm³/mol. The van der Waals surface area contributed by atoms with E-state index in [9.17, 15) is 0 Å². The summed E-state index contributed by atoms with van der Waals surface area (Å²) in [5.41, 5.74) is 0. The van der Waals surface area contributed by atoms with Crippen molar-refractivity contribution in [3.8, 4) is 0 Å². The first kappa shape index (κ1) is 14.9. The Morgan fingerprint density at radius 3 is 2.24 bits per heavy atom. The van der Waals surface area contributed by atoms with E-state index in [0.717, 1.165) is 10.5 Å². The predicted octanol–water partition coefficient (Wildman–Crippen LogP) is 3.06. The molecule has 0 saturated carbocycles. The topological polar surface area (TPSA) is 0 Å². The van der Waals surface area contributed by atoms with Crippen LogP contribution in [0.1, 0.15) is 0 Å². The van der Waals surface area contributed by atoms with Crippen molar-refractivity contribution in [2.24, 2.45) is 0 Å². The van der Waals surface area contributed by atoms with Gasteiger partial charge in [0.15, 0.2) is 0 Å². The molecule has 0 spiro atoms. The van der Waals surface area contributed by atoms with Gasteiger partial charge in [0.2, 0.25) is 0 Å². The molecule has 0 aromatic rings. The molecular formula is C11H18S4Te2. The van der Waals surface area contributed by atoms with E-state index in [1.807, 2.05) is 0 Å². The summed E-state index contributed by atoms with van der Waals surface area (Å²) in [7, 11) is 0. The summed E-state index contributed by atoms with van der Waals surface area (Å²) >= 11 is 9.76. The third-order valence-corrected chi connectivity index (χ3v) is 23.0. The molecule has 3 heterocycles. The molecule has 0 aromatic heterocycles. The minimum absolute atomic E-state index is 0.406. The van der Waals surface area contributed by atoms with Gasteiger partial charge in [-0.25, -0.2) is 0 Å². The Morgan fingerprint density at radius 2 is 1.59 bits per heavy atom. The Labute approximate surface area is 142 Å². The Hall–Kier alpha value is 2.98. The van der Waals surface area contributed by atoms with Crippen LogP contribution in [0, 0.1) is 0 Å². The van der Waals surface area contributed by atoms with Crippen LogP contribution in [0.5, 0.6) is 0 Å². The van der Waals surface area contributed by atoms with E-state index in [2.05, 4.69) is 47.0 Å². The van der Waals surface area contributed by atoms with Crippen LogP contribution < -0.4 is 0 Å². The van der Waals surface area contributed by atoms with Crippen LogP contribution >= 0.6 is 47.0 Å². The molecule has 0 aromatic carbocycles. The molecule has 0 bridgehead atoms. The maximum atomic E-state index is 2.30. The summed E-state index contributed by atoms with van der Waals surface area (Å²) < 4.78 is 4.28. The van der Waals surface area contributed by atoms with Crippen LogP contribution in [0.25, 0.3) is 0 Å². The molecular weight excluding hydrogens is 516 g/mol. The molecule has 3 rings (SSSR count). The number of hydrogen-bond donors (Lipinski definition) is 0. The summed E-state index contributed by atoms with van der Waals surface area (Å²) in [6, 6.07) is 0. The molecule has 3 saturated heterocycles. The van der Waals surface area contributed by atoms with E-state index < -0.39 is 0 Å². The van der Waals surface area contributed by atoms with Gasteiger partial charge >= 0.3 is 144 Å². The Bertz CT molecular complexity index is 222. The monoisotopic (exact) mass is 538 g/mol. The first-order valence-electron chi connectivity index (χ1n) is 6.06. The Kier molecular flexibility index (Phi) is 6.87. The van der Waals surface area contributed by atoms with Gasteiger partial charge in [-0.3, -0.25) is 0 Å². The van der Waals surface area contributed by atoms with Crippen molar-refractivity contribution >= 4 is 88.9 Å². The number of hydrogen-bond acceptors (Lipinski definition) is 4. The normalized spacial score (nSPS) is 39.5. The summed E-state index contributed by atoms with van der Waals surface area (Å²) in [6.07, 6.45) is 0. The summed E-state index contributed by atoms with van der Waals surface area (Å²) in [6.45, 7) is 0. The molecule has 0 nitrogen and oxygen atoms in total. The van der Waals surface area contributed by atoms with Crippen LogP contribution in [0.2, 0.25) is 10.4 Å². The zero-order valence-corrected chi connectivity index (χ0v) is 17.6. The fourth-order valence-electron chi connectivity index (χ4n) is 1.64. The number of thioether (sulfide) groups is 4. The molecule has 4 unspecified atom stereocenters. The van der Waals surface area contributed by atoms with Gasteiger partial charge in [0.1, 0.15) is 0 Å². The fourth-order valence-corrected chi connectivity index (χ4v) is 23.0. The Morgan fingerprint density at radius 1 is 0.941 bits per heavy atom. The summed E-state index contributed by atoms with van der Waals surface area (Å²) in [5, 5.41) is 2.12. The molecule has 0 radical (unpaired) electrons. The number of rotatable bonds is 8. The molecule has 0 amide bonds. The molecule has 3 aliphatic heterocycles. The van der Waals surface area contributed by atoms with Crippen molar-refractivity contribution in [3.63, 3.8) is 0 Å². The van der Waals surface area contributed by atoms with Gasteiger partial charge in [-0.05, 0) is 0 Å². The van der Waals surface area contributed by atoms with Gasteiger partial charge in [0, 0.05) is 0 Å². The van der Waals surface area contributed by atoms with Crippen molar-refractivity contribution in [1.82, 2.24) is 0 Å². The molecule has 3 aliphatic rings. The Balaban J connectivity index is 1.22. The molecule has 0 aliphatic carbocycles. The first-order valence-corrected chi connectivity index (χ1v) is 16.1. The van der Waals surface area contributed by atoms with Crippen molar-refractivity contribution in [1.29, 1.82) is 0 Å². The first-order chi connectivity index (χ1) is 8.40. The van der Waals surface area contributed by atoms with E-state index in [1.165, 1.54) is 29.0 Å². The molecule has 17 heavy (non-hydrogen) atoms. The molecule has 3 fully saturated rings. The van der Waals surface area contributed by atoms with Crippen molar-refractivity contribution in [2.75, 3.05) is 34.5 Å². The van der Waals surface area contributed by atoms with Gasteiger partial charge in [-0.15, -0.1) is 0 Å². The summed E-state index contributed by atoms with van der Waals surface area (Å²) in [4.78, 5) is 0. The van der Waals surface area contributed by atoms with Gasteiger partial charge < -0.3 is 0 Å². The molecule has 0 N–H and O–H groups in total. The zero-order valence-electron chi connectivity index (χ0n) is 9.71. The van der Waals surface area contributed by atoms with Crippen molar-refractivity contribution in [3.05, 3.63) is 0 Å². The SMILES string of the molecule is C(SCC1C[Te]C(CSCC2CS2)[Te]1)C1CS1. The minimum atomic E-state index is 0.406. The van der Waals surface area contributed by atoms with Gasteiger partial charge in [-0.2, -0.15) is 0 Å². The fraction of sp³-hybridized carbons (Fsp3) is 1.00. The van der Waals surface area contributed by atoms with Crippen LogP contribution in [0.3, 0.4) is 0 Å². The summed E-state index contributed by atoms with van der Waals surface area (Å²) in [5.74, 6) is 8.97. The quantitative estimate of drug-likeness (QED) is 0.347. The van der Waals surface area contributed by atoms with E-state index in [4.69, 9.17) is 0 Å². The van der Waals surface area contributed by atoms with Crippen LogP contribution in [0.4, 0.5) is 0 Å². The second-order valence-electron chi connectivity index (χ2n) is 4.51. The second-order valence-corrected chi connectivity index (χ2v) is 20.0. The third-order valence-electron chi connectivity index (χ3n) is 2.78. The van der Waals surface area contributed by atoms with Crippen molar-refractivity contribution in [2.45, 2.75) is 20.9 Å². The van der Waals surface area contributed by atoms with Crippen LogP contribution in [-0.4, -0.2) is 86.9 Å². The van der Waals surface area contributed by atoms with Gasteiger partial charge in [0.25, 0.3) is 0 Å². The van der Waals surface area contributed by atoms with Gasteiger partial charge in [-0.1, -0.05) is 0 Å². The standard InChI is InChI=1S/C11H18S4Te2/c1(8-3-14-8)12-5-10-7-16-11(17-10)6-13-2-9-4-15-9/h8-11H,1-7H2.